The number of aromatic nitrogens is 2. The van der Waals surface area contributed by atoms with Crippen LogP contribution in [0.2, 0.25) is 0 Å². The molecule has 0 atom stereocenters. The third-order valence-electron chi connectivity index (χ3n) is 3.40. The second-order valence-corrected chi connectivity index (χ2v) is 7.53. The predicted molar refractivity (Wildman–Crippen MR) is 89.4 cm³/mol. The largest absolute Gasteiger partial charge is 0.494 e. The fraction of sp³-hybridized carbons (Fsp3) is 0.267. The number of anilines is 1. The van der Waals surface area contributed by atoms with Crippen LogP contribution in [0, 0.1) is 0 Å². The normalized spacial score (nSPS) is 14.3. The van der Waals surface area contributed by atoms with E-state index in [9.17, 15) is 13.2 Å². The Morgan fingerprint density at radius 3 is 2.50 bits per heavy atom. The number of rotatable bonds is 5. The number of nitrogens with zero attached hydrogens (tertiary/aromatic N) is 3. The second-order valence-electron chi connectivity index (χ2n) is 5.38. The first-order chi connectivity index (χ1) is 12.4. The lowest BCUT2D eigenvalue weighted by Crippen LogP contribution is -2.22. The third-order valence-corrected chi connectivity index (χ3v) is 5.23. The zero-order valence-electron chi connectivity index (χ0n) is 14.0. The lowest BCUT2D eigenvalue weighted by atomic mass is 10.2. The summed E-state index contributed by atoms with van der Waals surface area (Å²) < 4.78 is 40.8. The van der Waals surface area contributed by atoms with Crippen LogP contribution in [0.25, 0.3) is 5.76 Å². The van der Waals surface area contributed by atoms with Crippen molar-refractivity contribution in [2.24, 2.45) is 0 Å². The van der Waals surface area contributed by atoms with E-state index in [4.69, 9.17) is 13.9 Å². The predicted octanol–water partition coefficient (Wildman–Crippen LogP) is 0.917. The molecule has 0 spiro atoms. The Bertz CT molecular complexity index is 933. The SMILES string of the molecule is CN(C)S(=O)(=O)c1ccc(C(=O)Nc2nnc(C3=COCCO3)o2)cc1. The molecule has 1 aromatic carbocycles. The minimum atomic E-state index is -3.56. The van der Waals surface area contributed by atoms with Crippen LogP contribution in [0.3, 0.4) is 0 Å². The molecular formula is C15H16N4O6S. The van der Waals surface area contributed by atoms with Gasteiger partial charge in [-0.25, -0.2) is 12.7 Å². The molecule has 2 heterocycles. The van der Waals surface area contributed by atoms with E-state index in [1.165, 1.54) is 44.6 Å². The first kappa shape index (κ1) is 17.9. The van der Waals surface area contributed by atoms with E-state index in [1.54, 1.807) is 0 Å². The van der Waals surface area contributed by atoms with E-state index in [0.717, 1.165) is 4.31 Å². The van der Waals surface area contributed by atoms with Gasteiger partial charge in [0.25, 0.3) is 11.8 Å². The Labute approximate surface area is 149 Å². The highest BCUT2D eigenvalue weighted by Gasteiger charge is 2.19. The molecule has 138 valence electrons. The standard InChI is InChI=1S/C15H16N4O6S/c1-19(2)26(21,22)11-5-3-10(4-6-11)13(20)16-15-18-17-14(25-15)12-9-23-7-8-24-12/h3-6,9H,7-8H2,1-2H3,(H,16,18,20). The number of nitrogens with one attached hydrogen (secondary N) is 1. The molecule has 1 N–H and O–H groups in total. The molecular weight excluding hydrogens is 364 g/mol. The summed E-state index contributed by atoms with van der Waals surface area (Å²) in [6, 6.07) is 5.36. The Balaban J connectivity index is 1.71. The van der Waals surface area contributed by atoms with E-state index >= 15 is 0 Å². The van der Waals surface area contributed by atoms with Gasteiger partial charge in [0.05, 0.1) is 4.90 Å². The van der Waals surface area contributed by atoms with Gasteiger partial charge in [0.1, 0.15) is 19.5 Å². The molecule has 0 fully saturated rings. The zero-order chi connectivity index (χ0) is 18.7. The minimum absolute atomic E-state index is 0.0763. The third kappa shape index (κ3) is 3.68. The summed E-state index contributed by atoms with van der Waals surface area (Å²) in [4.78, 5) is 12.3. The summed E-state index contributed by atoms with van der Waals surface area (Å²) in [6.45, 7) is 0.791. The maximum absolute atomic E-state index is 12.2. The Morgan fingerprint density at radius 2 is 1.88 bits per heavy atom. The lowest BCUT2D eigenvalue weighted by Gasteiger charge is -2.12. The summed E-state index contributed by atoms with van der Waals surface area (Å²) in [5.41, 5.74) is 0.235. The monoisotopic (exact) mass is 380 g/mol. The van der Waals surface area contributed by atoms with Crippen LogP contribution < -0.4 is 5.32 Å². The molecule has 3 rings (SSSR count). The second kappa shape index (κ2) is 7.14. The van der Waals surface area contributed by atoms with Crippen molar-refractivity contribution in [1.82, 2.24) is 14.5 Å². The highest BCUT2D eigenvalue weighted by atomic mass is 32.2. The van der Waals surface area contributed by atoms with Crippen LogP contribution >= 0.6 is 0 Å². The Hall–Kier alpha value is -2.92. The van der Waals surface area contributed by atoms with Gasteiger partial charge in [-0.1, -0.05) is 5.10 Å². The molecule has 10 nitrogen and oxygen atoms in total. The molecule has 2 aromatic rings. The quantitative estimate of drug-likeness (QED) is 0.812. The Morgan fingerprint density at radius 1 is 1.15 bits per heavy atom. The molecule has 0 saturated carbocycles. The summed E-state index contributed by atoms with van der Waals surface area (Å²) in [6.07, 6.45) is 1.35. The summed E-state index contributed by atoms with van der Waals surface area (Å²) in [5, 5.41) is 9.91. The number of sulfonamides is 1. The molecule has 0 bridgehead atoms. The number of hydrogen-bond acceptors (Lipinski definition) is 8. The van der Waals surface area contributed by atoms with Crippen LogP contribution in [-0.2, 0) is 19.5 Å². The molecule has 0 saturated heterocycles. The number of amides is 1. The van der Waals surface area contributed by atoms with Gasteiger partial charge in [-0.15, -0.1) is 5.10 Å². The number of hydrogen-bond donors (Lipinski definition) is 1. The Kier molecular flexibility index (Phi) is 4.91. The van der Waals surface area contributed by atoms with Crippen LogP contribution in [0.1, 0.15) is 16.2 Å². The first-order valence-corrected chi connectivity index (χ1v) is 8.94. The molecule has 0 aliphatic carbocycles. The summed E-state index contributed by atoms with van der Waals surface area (Å²) >= 11 is 0. The highest BCUT2D eigenvalue weighted by Crippen LogP contribution is 2.20. The molecule has 1 aromatic heterocycles. The van der Waals surface area contributed by atoms with Gasteiger partial charge in [0.2, 0.25) is 15.8 Å². The average Bonchev–Trinajstić information content (AvgIpc) is 3.11. The molecule has 11 heteroatoms. The number of benzene rings is 1. The van der Waals surface area contributed by atoms with Crippen LogP contribution in [0.4, 0.5) is 6.01 Å². The molecule has 1 aliphatic rings. The van der Waals surface area contributed by atoms with Crippen molar-refractivity contribution in [2.45, 2.75) is 4.90 Å². The maximum atomic E-state index is 12.2. The van der Waals surface area contributed by atoms with Crippen molar-refractivity contribution < 1.29 is 27.1 Å². The molecule has 0 radical (unpaired) electrons. The van der Waals surface area contributed by atoms with Crippen molar-refractivity contribution in [3.05, 3.63) is 42.0 Å². The van der Waals surface area contributed by atoms with E-state index in [-0.39, 0.29) is 28.1 Å². The van der Waals surface area contributed by atoms with Crippen molar-refractivity contribution in [3.8, 4) is 0 Å². The van der Waals surface area contributed by atoms with Crippen molar-refractivity contribution in [1.29, 1.82) is 0 Å². The van der Waals surface area contributed by atoms with Gasteiger partial charge in [0, 0.05) is 19.7 Å². The lowest BCUT2D eigenvalue weighted by molar-refractivity contribution is 0.102. The average molecular weight is 380 g/mol. The number of ether oxygens (including phenoxy) is 2. The van der Waals surface area contributed by atoms with Crippen molar-refractivity contribution in [3.63, 3.8) is 0 Å². The smallest absolute Gasteiger partial charge is 0.322 e. The fourth-order valence-electron chi connectivity index (χ4n) is 2.01. The van der Waals surface area contributed by atoms with Gasteiger partial charge >= 0.3 is 6.01 Å². The van der Waals surface area contributed by atoms with Crippen LogP contribution in [0.15, 0.2) is 39.8 Å². The molecule has 26 heavy (non-hydrogen) atoms. The topological polar surface area (TPSA) is 124 Å². The number of carbonyl (C=O) groups is 1. The van der Waals surface area contributed by atoms with Crippen molar-refractivity contribution >= 4 is 27.7 Å². The zero-order valence-corrected chi connectivity index (χ0v) is 14.8. The van der Waals surface area contributed by atoms with E-state index in [2.05, 4.69) is 15.5 Å². The van der Waals surface area contributed by atoms with E-state index in [1.807, 2.05) is 0 Å². The maximum Gasteiger partial charge on any atom is 0.322 e. The van der Waals surface area contributed by atoms with Crippen LogP contribution in [0.5, 0.6) is 0 Å². The van der Waals surface area contributed by atoms with Gasteiger partial charge in [-0.05, 0) is 24.3 Å². The van der Waals surface area contributed by atoms with Gasteiger partial charge in [-0.3, -0.25) is 10.1 Å². The van der Waals surface area contributed by atoms with E-state index in [0.29, 0.717) is 13.2 Å². The summed E-state index contributed by atoms with van der Waals surface area (Å²) in [5.74, 6) is -0.168. The molecule has 1 amide bonds. The van der Waals surface area contributed by atoms with Gasteiger partial charge in [-0.2, -0.15) is 0 Å². The highest BCUT2D eigenvalue weighted by molar-refractivity contribution is 7.89. The first-order valence-electron chi connectivity index (χ1n) is 7.50. The minimum Gasteiger partial charge on any atom is -0.494 e. The summed E-state index contributed by atoms with van der Waals surface area (Å²) in [7, 11) is -0.698. The fourth-order valence-corrected chi connectivity index (χ4v) is 2.91. The van der Waals surface area contributed by atoms with Gasteiger partial charge < -0.3 is 13.9 Å². The molecule has 1 aliphatic heterocycles. The van der Waals surface area contributed by atoms with Crippen molar-refractivity contribution in [2.75, 3.05) is 32.6 Å². The van der Waals surface area contributed by atoms with Gasteiger partial charge in [0.15, 0.2) is 0 Å². The molecule has 0 unspecified atom stereocenters. The number of carbonyl (C=O) groups excluding carboxylic acids is 1. The van der Waals surface area contributed by atoms with E-state index < -0.39 is 15.9 Å². The van der Waals surface area contributed by atoms with Crippen LogP contribution in [-0.4, -0.2) is 56.1 Å².